The maximum atomic E-state index is 5.31. The van der Waals surface area contributed by atoms with Crippen LogP contribution in [0.3, 0.4) is 0 Å². The van der Waals surface area contributed by atoms with Crippen LogP contribution in [-0.2, 0) is 0 Å². The van der Waals surface area contributed by atoms with Crippen LogP contribution in [0, 0.1) is 5.41 Å². The summed E-state index contributed by atoms with van der Waals surface area (Å²) in [5, 5.41) is 10.5. The van der Waals surface area contributed by atoms with Gasteiger partial charge < -0.3 is 15.5 Å². The van der Waals surface area contributed by atoms with Crippen LogP contribution in [0.25, 0.3) is 0 Å². The molecule has 0 aliphatic heterocycles. The third-order valence-electron chi connectivity index (χ3n) is 2.79. The third-order valence-corrected chi connectivity index (χ3v) is 2.79. The normalized spacial score (nSPS) is 18.1. The molecule has 0 atom stereocenters. The van der Waals surface area contributed by atoms with Crippen molar-refractivity contribution in [2.24, 2.45) is 5.41 Å². The van der Waals surface area contributed by atoms with Crippen LogP contribution in [-0.4, -0.2) is 16.7 Å². The van der Waals surface area contributed by atoms with E-state index in [-0.39, 0.29) is 6.01 Å². The zero-order valence-corrected chi connectivity index (χ0v) is 8.42. The molecule has 78 valence electrons. The lowest BCUT2D eigenvalue weighted by molar-refractivity contribution is 0.475. The highest BCUT2D eigenvalue weighted by Crippen LogP contribution is 2.49. The van der Waals surface area contributed by atoms with E-state index in [1.54, 1.807) is 0 Å². The van der Waals surface area contributed by atoms with E-state index in [1.165, 1.54) is 25.7 Å². The van der Waals surface area contributed by atoms with Crippen LogP contribution in [0.2, 0.25) is 0 Å². The smallest absolute Gasteiger partial charge is 0.316 e. The molecule has 14 heavy (non-hydrogen) atoms. The molecule has 1 heterocycles. The van der Waals surface area contributed by atoms with E-state index in [9.17, 15) is 0 Å². The first-order valence-electron chi connectivity index (χ1n) is 5.07. The van der Waals surface area contributed by atoms with E-state index in [2.05, 4.69) is 22.4 Å². The van der Waals surface area contributed by atoms with Crippen LogP contribution in [0.4, 0.5) is 12.0 Å². The summed E-state index contributed by atoms with van der Waals surface area (Å²) < 4.78 is 5.03. The van der Waals surface area contributed by atoms with Gasteiger partial charge in [0.05, 0.1) is 0 Å². The predicted octanol–water partition coefficient (Wildman–Crippen LogP) is 1.64. The molecule has 0 unspecified atom stereocenters. The quantitative estimate of drug-likeness (QED) is 0.748. The number of anilines is 2. The summed E-state index contributed by atoms with van der Waals surface area (Å²) in [5.41, 5.74) is 5.80. The fraction of sp³-hybridized carbons (Fsp3) is 0.778. The number of aromatic nitrogens is 2. The number of nitrogens with one attached hydrogen (secondary N) is 1. The Hall–Kier alpha value is -1.26. The number of hydrogen-bond donors (Lipinski definition) is 2. The van der Waals surface area contributed by atoms with Gasteiger partial charge >= 0.3 is 12.0 Å². The van der Waals surface area contributed by atoms with E-state index in [0.29, 0.717) is 11.4 Å². The van der Waals surface area contributed by atoms with Crippen molar-refractivity contribution < 1.29 is 4.42 Å². The van der Waals surface area contributed by atoms with Gasteiger partial charge in [0.15, 0.2) is 0 Å². The van der Waals surface area contributed by atoms with Gasteiger partial charge in [-0.3, -0.25) is 0 Å². The lowest BCUT2D eigenvalue weighted by Gasteiger charge is -2.12. The van der Waals surface area contributed by atoms with Crippen molar-refractivity contribution in [3.05, 3.63) is 0 Å². The van der Waals surface area contributed by atoms with Crippen molar-refractivity contribution in [1.82, 2.24) is 10.2 Å². The molecule has 1 aliphatic rings. The van der Waals surface area contributed by atoms with Gasteiger partial charge in [-0.05, 0) is 24.7 Å². The van der Waals surface area contributed by atoms with Crippen molar-refractivity contribution in [1.29, 1.82) is 0 Å². The highest BCUT2D eigenvalue weighted by Gasteiger charge is 2.41. The van der Waals surface area contributed by atoms with Crippen molar-refractivity contribution >= 4 is 12.0 Å². The molecule has 5 heteroatoms. The minimum absolute atomic E-state index is 0.118. The molecule has 1 saturated carbocycles. The largest absolute Gasteiger partial charge is 0.390 e. The molecule has 1 aromatic heterocycles. The number of nitrogen functional groups attached to an aromatic ring is 1. The minimum Gasteiger partial charge on any atom is -0.390 e. The molecule has 0 radical (unpaired) electrons. The Kier molecular flexibility index (Phi) is 2.31. The van der Waals surface area contributed by atoms with Crippen LogP contribution in [0.5, 0.6) is 0 Å². The monoisotopic (exact) mass is 196 g/mol. The number of hydrogen-bond acceptors (Lipinski definition) is 5. The van der Waals surface area contributed by atoms with Gasteiger partial charge in [-0.1, -0.05) is 23.5 Å². The molecule has 1 aromatic rings. The molecule has 5 nitrogen and oxygen atoms in total. The summed E-state index contributed by atoms with van der Waals surface area (Å²) >= 11 is 0. The Bertz CT molecular complexity index is 306. The summed E-state index contributed by atoms with van der Waals surface area (Å²) in [6.45, 7) is 3.13. The zero-order chi connectivity index (χ0) is 10.0. The van der Waals surface area contributed by atoms with Crippen LogP contribution < -0.4 is 11.1 Å². The molecule has 1 aliphatic carbocycles. The molecule has 0 saturated heterocycles. The van der Waals surface area contributed by atoms with Gasteiger partial charge in [0.1, 0.15) is 0 Å². The van der Waals surface area contributed by atoms with Crippen molar-refractivity contribution in [3.63, 3.8) is 0 Å². The first-order valence-corrected chi connectivity index (χ1v) is 5.07. The molecule has 2 rings (SSSR count). The lowest BCUT2D eigenvalue weighted by Crippen LogP contribution is -2.15. The number of rotatable bonds is 5. The maximum Gasteiger partial charge on any atom is 0.316 e. The second-order valence-corrected chi connectivity index (χ2v) is 4.05. The number of nitrogens with zero attached hydrogens (tertiary/aromatic N) is 2. The Morgan fingerprint density at radius 3 is 2.79 bits per heavy atom. The molecule has 0 bridgehead atoms. The van der Waals surface area contributed by atoms with Crippen LogP contribution >= 0.6 is 0 Å². The Balaban J connectivity index is 1.82. The van der Waals surface area contributed by atoms with E-state index in [0.717, 1.165) is 6.54 Å². The van der Waals surface area contributed by atoms with E-state index in [4.69, 9.17) is 10.2 Å². The SMILES string of the molecule is CCCC1(CNc2nnc(N)o2)CC1. The first kappa shape index (κ1) is 9.30. The Morgan fingerprint density at radius 2 is 2.29 bits per heavy atom. The molecule has 3 N–H and O–H groups in total. The summed E-state index contributed by atoms with van der Waals surface area (Å²) in [5.74, 6) is 0. The van der Waals surface area contributed by atoms with Crippen molar-refractivity contribution in [2.45, 2.75) is 32.6 Å². The molecule has 0 spiro atoms. The van der Waals surface area contributed by atoms with E-state index >= 15 is 0 Å². The Morgan fingerprint density at radius 1 is 1.50 bits per heavy atom. The fourth-order valence-electron chi connectivity index (χ4n) is 1.79. The maximum absolute atomic E-state index is 5.31. The summed E-state index contributed by atoms with van der Waals surface area (Å²) in [4.78, 5) is 0. The van der Waals surface area contributed by atoms with Gasteiger partial charge in [-0.2, -0.15) is 0 Å². The topological polar surface area (TPSA) is 77.0 Å². The van der Waals surface area contributed by atoms with E-state index < -0.39 is 0 Å². The molecule has 0 aromatic carbocycles. The standard InChI is InChI=1S/C9H16N4O/c1-2-3-9(4-5-9)6-11-8-13-12-7(10)14-8/h2-6H2,1H3,(H2,10,12)(H,11,13). The Labute approximate surface area is 83.1 Å². The minimum atomic E-state index is 0.118. The summed E-state index contributed by atoms with van der Waals surface area (Å²) in [6, 6.07) is 0.553. The highest BCUT2D eigenvalue weighted by molar-refractivity contribution is 5.23. The predicted molar refractivity (Wildman–Crippen MR) is 53.8 cm³/mol. The van der Waals surface area contributed by atoms with Gasteiger partial charge in [0.25, 0.3) is 0 Å². The second kappa shape index (κ2) is 3.48. The van der Waals surface area contributed by atoms with Crippen molar-refractivity contribution in [3.8, 4) is 0 Å². The number of nitrogens with two attached hydrogens (primary N) is 1. The molecule has 0 amide bonds. The van der Waals surface area contributed by atoms with Crippen LogP contribution in [0.1, 0.15) is 32.6 Å². The van der Waals surface area contributed by atoms with Crippen LogP contribution in [0.15, 0.2) is 4.42 Å². The van der Waals surface area contributed by atoms with E-state index in [1.807, 2.05) is 0 Å². The third kappa shape index (κ3) is 1.97. The van der Waals surface area contributed by atoms with Gasteiger partial charge in [0.2, 0.25) is 0 Å². The van der Waals surface area contributed by atoms with Crippen molar-refractivity contribution in [2.75, 3.05) is 17.6 Å². The van der Waals surface area contributed by atoms with Gasteiger partial charge in [0, 0.05) is 6.54 Å². The second-order valence-electron chi connectivity index (χ2n) is 4.05. The van der Waals surface area contributed by atoms with Gasteiger partial charge in [-0.25, -0.2) is 0 Å². The summed E-state index contributed by atoms with van der Waals surface area (Å²) in [6.07, 6.45) is 5.10. The molecular formula is C9H16N4O. The molecule has 1 fully saturated rings. The first-order chi connectivity index (χ1) is 6.74. The zero-order valence-electron chi connectivity index (χ0n) is 8.42. The average molecular weight is 196 g/mol. The lowest BCUT2D eigenvalue weighted by atomic mass is 10.0. The average Bonchev–Trinajstić information content (AvgIpc) is 2.80. The summed E-state index contributed by atoms with van der Waals surface area (Å²) in [7, 11) is 0. The molecular weight excluding hydrogens is 180 g/mol. The fourth-order valence-corrected chi connectivity index (χ4v) is 1.79. The highest BCUT2D eigenvalue weighted by atomic mass is 16.4. The van der Waals surface area contributed by atoms with Gasteiger partial charge in [-0.15, -0.1) is 0 Å².